The minimum atomic E-state index is -0.656. The normalized spacial score (nSPS) is 53.5. The lowest BCUT2D eigenvalue weighted by Gasteiger charge is -2.60. The molecule has 24 heavy (non-hydrogen) atoms. The predicted octanol–water partition coefficient (Wildman–Crippen LogP) is 4.73. The molecule has 5 fully saturated rings. The van der Waals surface area contributed by atoms with Crippen LogP contribution in [0.25, 0.3) is 0 Å². The SMILES string of the molecule is CCCCS[C@@H]1O[C@@H]2O[C@@]3(C)CC[C@H]4[C@H](C)CC[C@@H]([C@H]1C)[C@@]24OO3. The Hall–Kier alpha value is 0.190. The van der Waals surface area contributed by atoms with Gasteiger partial charge in [0, 0.05) is 12.3 Å². The summed E-state index contributed by atoms with van der Waals surface area (Å²) in [6.07, 6.45) is 6.65. The Balaban J connectivity index is 1.64. The van der Waals surface area contributed by atoms with Crippen molar-refractivity contribution in [1.82, 2.24) is 0 Å². The van der Waals surface area contributed by atoms with Gasteiger partial charge in [-0.1, -0.05) is 27.2 Å². The molecule has 1 saturated carbocycles. The highest BCUT2D eigenvalue weighted by atomic mass is 32.2. The van der Waals surface area contributed by atoms with Crippen molar-refractivity contribution in [3.8, 4) is 0 Å². The second-order valence-corrected chi connectivity index (χ2v) is 9.70. The molecule has 0 amide bonds. The maximum atomic E-state index is 6.54. The summed E-state index contributed by atoms with van der Waals surface area (Å²) in [5.41, 5.74) is -0.202. The molecule has 1 aliphatic carbocycles. The number of rotatable bonds is 4. The standard InChI is InChI=1S/C19H32O4S/c1-5-6-11-24-16-13(3)15-8-7-12(2)14-9-10-18(4)21-17(20-16)19(14,15)23-22-18/h12-17H,5-11H2,1-4H3/t12-,13-,14+,15+,16+,17-,18-,19-/m1/s1. The zero-order valence-corrected chi connectivity index (χ0v) is 16.3. The molecule has 4 saturated heterocycles. The third kappa shape index (κ3) is 2.58. The molecule has 0 aromatic rings. The van der Waals surface area contributed by atoms with Crippen molar-refractivity contribution in [2.24, 2.45) is 23.7 Å². The van der Waals surface area contributed by atoms with Crippen LogP contribution in [0.1, 0.15) is 66.2 Å². The molecule has 4 heterocycles. The molecular weight excluding hydrogens is 324 g/mol. The van der Waals surface area contributed by atoms with Gasteiger partial charge < -0.3 is 9.47 Å². The first-order valence-corrected chi connectivity index (χ1v) is 10.9. The summed E-state index contributed by atoms with van der Waals surface area (Å²) in [4.78, 5) is 12.0. The molecule has 1 spiro atoms. The van der Waals surface area contributed by atoms with Crippen LogP contribution in [0.3, 0.4) is 0 Å². The first-order valence-electron chi connectivity index (χ1n) is 9.82. The third-order valence-corrected chi connectivity index (χ3v) is 8.27. The zero-order valence-electron chi connectivity index (χ0n) is 15.5. The van der Waals surface area contributed by atoms with Crippen molar-refractivity contribution in [3.05, 3.63) is 0 Å². The van der Waals surface area contributed by atoms with E-state index in [4.69, 9.17) is 19.2 Å². The van der Waals surface area contributed by atoms with Crippen molar-refractivity contribution in [3.63, 3.8) is 0 Å². The van der Waals surface area contributed by atoms with Gasteiger partial charge in [-0.3, -0.25) is 0 Å². The van der Waals surface area contributed by atoms with Gasteiger partial charge in [0.25, 0.3) is 0 Å². The molecule has 0 N–H and O–H groups in total. The fraction of sp³-hybridized carbons (Fsp3) is 1.00. The van der Waals surface area contributed by atoms with E-state index in [1.165, 1.54) is 25.7 Å². The summed E-state index contributed by atoms with van der Waals surface area (Å²) in [6, 6.07) is 0. The van der Waals surface area contributed by atoms with Crippen LogP contribution in [0.4, 0.5) is 0 Å². The Morgan fingerprint density at radius 3 is 2.71 bits per heavy atom. The van der Waals surface area contributed by atoms with Crippen molar-refractivity contribution in [1.29, 1.82) is 0 Å². The minimum Gasteiger partial charge on any atom is -0.335 e. The molecule has 8 atom stereocenters. The first kappa shape index (κ1) is 17.6. The van der Waals surface area contributed by atoms with Crippen LogP contribution >= 0.6 is 11.8 Å². The molecule has 138 valence electrons. The van der Waals surface area contributed by atoms with Crippen LogP contribution in [0, 0.1) is 23.7 Å². The Morgan fingerprint density at radius 2 is 1.92 bits per heavy atom. The zero-order chi connectivity index (χ0) is 16.9. The van der Waals surface area contributed by atoms with Crippen molar-refractivity contribution in [2.45, 2.75) is 89.3 Å². The number of thioether (sulfide) groups is 1. The van der Waals surface area contributed by atoms with Gasteiger partial charge in [-0.15, -0.1) is 11.8 Å². The quantitative estimate of drug-likeness (QED) is 0.538. The fourth-order valence-corrected chi connectivity index (χ4v) is 6.77. The molecule has 2 bridgehead atoms. The molecule has 0 unspecified atom stereocenters. The van der Waals surface area contributed by atoms with Gasteiger partial charge >= 0.3 is 0 Å². The topological polar surface area (TPSA) is 36.9 Å². The Morgan fingerprint density at radius 1 is 1.08 bits per heavy atom. The average molecular weight is 357 g/mol. The van der Waals surface area contributed by atoms with Crippen LogP contribution < -0.4 is 0 Å². The summed E-state index contributed by atoms with van der Waals surface area (Å²) in [7, 11) is 0. The van der Waals surface area contributed by atoms with E-state index >= 15 is 0 Å². The third-order valence-electron chi connectivity index (χ3n) is 6.88. The maximum absolute atomic E-state index is 6.54. The van der Waals surface area contributed by atoms with Crippen molar-refractivity contribution in [2.75, 3.05) is 5.75 Å². The second-order valence-electron chi connectivity index (χ2n) is 8.50. The maximum Gasteiger partial charge on any atom is 0.201 e. The summed E-state index contributed by atoms with van der Waals surface area (Å²) >= 11 is 1.96. The Kier molecular flexibility index (Phi) is 4.70. The molecule has 0 radical (unpaired) electrons. The average Bonchev–Trinajstić information content (AvgIpc) is 2.78. The largest absolute Gasteiger partial charge is 0.335 e. The number of ether oxygens (including phenoxy) is 2. The van der Waals surface area contributed by atoms with E-state index < -0.39 is 11.4 Å². The molecule has 5 heteroatoms. The summed E-state index contributed by atoms with van der Waals surface area (Å²) in [5, 5.41) is 0. The summed E-state index contributed by atoms with van der Waals surface area (Å²) in [5.74, 6) is 2.53. The van der Waals surface area contributed by atoms with Gasteiger partial charge in [0.15, 0.2) is 11.9 Å². The van der Waals surface area contributed by atoms with Gasteiger partial charge in [0.1, 0.15) is 5.44 Å². The van der Waals surface area contributed by atoms with E-state index in [1.54, 1.807) is 0 Å². The number of hydrogen-bond acceptors (Lipinski definition) is 5. The lowest BCUT2D eigenvalue weighted by molar-refractivity contribution is -0.568. The highest BCUT2D eigenvalue weighted by Crippen LogP contribution is 2.61. The summed E-state index contributed by atoms with van der Waals surface area (Å²) < 4.78 is 12.9. The first-order chi connectivity index (χ1) is 11.5. The Labute approximate surface area is 150 Å². The molecule has 5 aliphatic rings. The van der Waals surface area contributed by atoms with Gasteiger partial charge in [0.05, 0.1) is 0 Å². The summed E-state index contributed by atoms with van der Waals surface area (Å²) in [6.45, 7) is 8.95. The van der Waals surface area contributed by atoms with Gasteiger partial charge in [-0.05, 0) is 56.1 Å². The van der Waals surface area contributed by atoms with Crippen LogP contribution in [0.5, 0.6) is 0 Å². The van der Waals surface area contributed by atoms with Gasteiger partial charge in [0.2, 0.25) is 5.79 Å². The fourth-order valence-electron chi connectivity index (χ4n) is 5.41. The highest BCUT2D eigenvalue weighted by Gasteiger charge is 2.69. The lowest BCUT2D eigenvalue weighted by atomic mass is 9.58. The van der Waals surface area contributed by atoms with E-state index in [2.05, 4.69) is 20.8 Å². The van der Waals surface area contributed by atoms with E-state index in [1.807, 2.05) is 18.7 Å². The van der Waals surface area contributed by atoms with Gasteiger partial charge in [-0.25, -0.2) is 9.78 Å². The monoisotopic (exact) mass is 356 g/mol. The van der Waals surface area contributed by atoms with E-state index in [0.717, 1.165) is 18.6 Å². The van der Waals surface area contributed by atoms with Crippen LogP contribution in [-0.2, 0) is 19.2 Å². The second kappa shape index (κ2) is 6.41. The van der Waals surface area contributed by atoms with Crippen LogP contribution in [0.15, 0.2) is 0 Å². The molecule has 0 aromatic carbocycles. The smallest absolute Gasteiger partial charge is 0.201 e. The number of hydrogen-bond donors (Lipinski definition) is 0. The van der Waals surface area contributed by atoms with E-state index in [-0.39, 0.29) is 11.7 Å². The molecule has 5 rings (SSSR count). The Bertz CT molecular complexity index is 474. The lowest BCUT2D eigenvalue weighted by Crippen LogP contribution is -2.70. The minimum absolute atomic E-state index is 0.206. The predicted molar refractivity (Wildman–Crippen MR) is 94.2 cm³/mol. The van der Waals surface area contributed by atoms with E-state index in [9.17, 15) is 0 Å². The highest BCUT2D eigenvalue weighted by molar-refractivity contribution is 7.99. The van der Waals surface area contributed by atoms with Gasteiger partial charge in [-0.2, -0.15) is 0 Å². The molecule has 4 aliphatic heterocycles. The van der Waals surface area contributed by atoms with Crippen molar-refractivity contribution < 1.29 is 19.2 Å². The molecule has 0 aromatic heterocycles. The van der Waals surface area contributed by atoms with Crippen LogP contribution in [0.2, 0.25) is 0 Å². The van der Waals surface area contributed by atoms with E-state index in [0.29, 0.717) is 23.7 Å². The number of unbranched alkanes of at least 4 members (excludes halogenated alkanes) is 1. The molecular formula is C19H32O4S. The molecule has 4 nitrogen and oxygen atoms in total. The number of fused-ring (bicyclic) bond motifs is 2. The van der Waals surface area contributed by atoms with Crippen molar-refractivity contribution >= 4 is 11.8 Å². The van der Waals surface area contributed by atoms with Crippen LogP contribution in [-0.4, -0.2) is 28.9 Å².